The van der Waals surface area contributed by atoms with Gasteiger partial charge in [-0.15, -0.1) is 0 Å². The molecule has 0 heterocycles. The highest BCUT2D eigenvalue weighted by molar-refractivity contribution is 7.89. The quantitative estimate of drug-likeness (QED) is 0.776. The van der Waals surface area contributed by atoms with Crippen LogP contribution in [0.15, 0.2) is 23.1 Å². The number of hydrogen-bond acceptors (Lipinski definition) is 4. The third-order valence-electron chi connectivity index (χ3n) is 1.83. The van der Waals surface area contributed by atoms with Gasteiger partial charge in [-0.1, -0.05) is 0 Å². The number of benzene rings is 1. The SMILES string of the molecule is CCOc1ccc(S(N)(=O)=O)cc1CO. The van der Waals surface area contributed by atoms with Crippen LogP contribution in [-0.2, 0) is 16.6 Å². The topological polar surface area (TPSA) is 89.6 Å². The van der Waals surface area contributed by atoms with Crippen molar-refractivity contribution in [3.63, 3.8) is 0 Å². The maximum atomic E-state index is 11.0. The fourth-order valence-electron chi connectivity index (χ4n) is 1.15. The zero-order chi connectivity index (χ0) is 11.5. The van der Waals surface area contributed by atoms with Crippen LogP contribution in [-0.4, -0.2) is 20.1 Å². The minimum Gasteiger partial charge on any atom is -0.494 e. The second kappa shape index (κ2) is 4.61. The van der Waals surface area contributed by atoms with E-state index in [4.69, 9.17) is 15.0 Å². The number of aliphatic hydroxyl groups excluding tert-OH is 1. The van der Waals surface area contributed by atoms with Crippen LogP contribution >= 0.6 is 0 Å². The van der Waals surface area contributed by atoms with Crippen LogP contribution in [0.2, 0.25) is 0 Å². The van der Waals surface area contributed by atoms with E-state index in [1.54, 1.807) is 6.92 Å². The number of sulfonamides is 1. The van der Waals surface area contributed by atoms with Gasteiger partial charge in [0.25, 0.3) is 0 Å². The molecule has 0 fully saturated rings. The molecule has 0 aliphatic rings. The standard InChI is InChI=1S/C9H13NO4S/c1-2-14-9-4-3-8(15(10,12)13)5-7(9)6-11/h3-5,11H,2,6H2,1H3,(H2,10,12,13). The average molecular weight is 231 g/mol. The molecule has 0 saturated heterocycles. The van der Waals surface area contributed by atoms with Gasteiger partial charge in [0.05, 0.1) is 18.1 Å². The maximum Gasteiger partial charge on any atom is 0.238 e. The first-order chi connectivity index (χ1) is 6.99. The Morgan fingerprint density at radius 3 is 2.60 bits per heavy atom. The molecule has 5 nitrogen and oxygen atoms in total. The van der Waals surface area contributed by atoms with Crippen molar-refractivity contribution in [2.24, 2.45) is 5.14 Å². The van der Waals surface area contributed by atoms with E-state index in [0.717, 1.165) is 0 Å². The van der Waals surface area contributed by atoms with Gasteiger partial charge in [-0.2, -0.15) is 0 Å². The van der Waals surface area contributed by atoms with Crippen LogP contribution in [0.3, 0.4) is 0 Å². The van der Waals surface area contributed by atoms with Gasteiger partial charge < -0.3 is 9.84 Å². The Bertz CT molecular complexity index is 441. The molecule has 0 amide bonds. The normalized spacial score (nSPS) is 11.4. The molecule has 0 aliphatic carbocycles. The number of rotatable bonds is 4. The number of hydrogen-bond donors (Lipinski definition) is 2. The minimum atomic E-state index is -3.73. The molecular weight excluding hydrogens is 218 g/mol. The van der Waals surface area contributed by atoms with Gasteiger partial charge in [0.2, 0.25) is 10.0 Å². The van der Waals surface area contributed by atoms with Crippen molar-refractivity contribution in [3.8, 4) is 5.75 Å². The summed E-state index contributed by atoms with van der Waals surface area (Å²) in [4.78, 5) is -0.0324. The summed E-state index contributed by atoms with van der Waals surface area (Å²) in [5.41, 5.74) is 0.406. The first-order valence-electron chi connectivity index (χ1n) is 4.38. The second-order valence-electron chi connectivity index (χ2n) is 2.91. The summed E-state index contributed by atoms with van der Waals surface area (Å²) in [5.74, 6) is 0.465. The lowest BCUT2D eigenvalue weighted by molar-refractivity contribution is 0.266. The molecule has 3 N–H and O–H groups in total. The minimum absolute atomic E-state index is 0.0324. The molecule has 15 heavy (non-hydrogen) atoms. The highest BCUT2D eigenvalue weighted by atomic mass is 32.2. The van der Waals surface area contributed by atoms with Crippen LogP contribution in [0, 0.1) is 0 Å². The van der Waals surface area contributed by atoms with Crippen LogP contribution in [0.25, 0.3) is 0 Å². The molecule has 1 aromatic rings. The molecule has 0 bridgehead atoms. The zero-order valence-electron chi connectivity index (χ0n) is 8.30. The van der Waals surface area contributed by atoms with Gasteiger partial charge in [0.15, 0.2) is 0 Å². The largest absolute Gasteiger partial charge is 0.494 e. The van der Waals surface area contributed by atoms with Crippen molar-refractivity contribution >= 4 is 10.0 Å². The van der Waals surface area contributed by atoms with E-state index < -0.39 is 10.0 Å². The molecule has 0 aromatic heterocycles. The summed E-state index contributed by atoms with van der Waals surface area (Å²) in [6.45, 7) is 1.95. The number of ether oxygens (including phenoxy) is 1. The average Bonchev–Trinajstić information content (AvgIpc) is 2.17. The molecule has 0 unspecified atom stereocenters. The summed E-state index contributed by atoms with van der Waals surface area (Å²) < 4.78 is 27.3. The highest BCUT2D eigenvalue weighted by Gasteiger charge is 2.11. The van der Waals surface area contributed by atoms with E-state index in [1.165, 1.54) is 18.2 Å². The Morgan fingerprint density at radius 1 is 1.47 bits per heavy atom. The fourth-order valence-corrected chi connectivity index (χ4v) is 1.72. The fraction of sp³-hybridized carbons (Fsp3) is 0.333. The Morgan fingerprint density at radius 2 is 2.13 bits per heavy atom. The van der Waals surface area contributed by atoms with E-state index in [9.17, 15) is 8.42 Å². The second-order valence-corrected chi connectivity index (χ2v) is 4.47. The molecule has 0 atom stereocenters. The van der Waals surface area contributed by atoms with E-state index >= 15 is 0 Å². The first kappa shape index (κ1) is 12.0. The van der Waals surface area contributed by atoms with Crippen molar-refractivity contribution in [1.82, 2.24) is 0 Å². The lowest BCUT2D eigenvalue weighted by Crippen LogP contribution is -2.12. The van der Waals surface area contributed by atoms with Crippen LogP contribution in [0.1, 0.15) is 12.5 Å². The summed E-state index contributed by atoms with van der Waals surface area (Å²) >= 11 is 0. The summed E-state index contributed by atoms with van der Waals surface area (Å²) in [5, 5.41) is 14.0. The van der Waals surface area contributed by atoms with E-state index in [0.29, 0.717) is 17.9 Å². The summed E-state index contributed by atoms with van der Waals surface area (Å²) in [6, 6.07) is 4.13. The number of aliphatic hydroxyl groups is 1. The van der Waals surface area contributed by atoms with Gasteiger partial charge in [0, 0.05) is 5.56 Å². The van der Waals surface area contributed by atoms with Crippen molar-refractivity contribution in [3.05, 3.63) is 23.8 Å². The third-order valence-corrected chi connectivity index (χ3v) is 2.74. The molecule has 1 rings (SSSR count). The Kier molecular flexibility index (Phi) is 3.67. The Labute approximate surface area is 88.5 Å². The highest BCUT2D eigenvalue weighted by Crippen LogP contribution is 2.22. The number of primary sulfonamides is 1. The number of nitrogens with two attached hydrogens (primary N) is 1. The molecule has 6 heteroatoms. The molecular formula is C9H13NO4S. The van der Waals surface area contributed by atoms with Crippen molar-refractivity contribution in [1.29, 1.82) is 0 Å². The van der Waals surface area contributed by atoms with Crippen molar-refractivity contribution in [2.75, 3.05) is 6.61 Å². The molecule has 84 valence electrons. The maximum absolute atomic E-state index is 11.0. The monoisotopic (exact) mass is 231 g/mol. The van der Waals surface area contributed by atoms with Gasteiger partial charge in [0.1, 0.15) is 5.75 Å². The lowest BCUT2D eigenvalue weighted by Gasteiger charge is -2.09. The zero-order valence-corrected chi connectivity index (χ0v) is 9.12. The molecule has 0 saturated carbocycles. The third kappa shape index (κ3) is 2.92. The van der Waals surface area contributed by atoms with Crippen LogP contribution in [0.4, 0.5) is 0 Å². The van der Waals surface area contributed by atoms with Gasteiger partial charge in [-0.05, 0) is 25.1 Å². The predicted molar refractivity (Wildman–Crippen MR) is 54.9 cm³/mol. The molecule has 0 spiro atoms. The van der Waals surface area contributed by atoms with Gasteiger partial charge in [-0.3, -0.25) is 0 Å². The van der Waals surface area contributed by atoms with Crippen molar-refractivity contribution in [2.45, 2.75) is 18.4 Å². The predicted octanol–water partition coefficient (Wildman–Crippen LogP) is 0.225. The van der Waals surface area contributed by atoms with E-state index in [-0.39, 0.29) is 11.5 Å². The van der Waals surface area contributed by atoms with Crippen molar-refractivity contribution < 1.29 is 18.3 Å². The van der Waals surface area contributed by atoms with E-state index in [1.807, 2.05) is 0 Å². The molecule has 0 aliphatic heterocycles. The molecule has 1 aromatic carbocycles. The first-order valence-corrected chi connectivity index (χ1v) is 5.93. The summed E-state index contributed by atoms with van der Waals surface area (Å²) in [7, 11) is -3.73. The Hall–Kier alpha value is -1.11. The lowest BCUT2D eigenvalue weighted by atomic mass is 10.2. The van der Waals surface area contributed by atoms with Gasteiger partial charge in [-0.25, -0.2) is 13.6 Å². The van der Waals surface area contributed by atoms with Crippen LogP contribution in [0.5, 0.6) is 5.75 Å². The Balaban J connectivity index is 3.19. The smallest absolute Gasteiger partial charge is 0.238 e. The van der Waals surface area contributed by atoms with E-state index in [2.05, 4.69) is 0 Å². The van der Waals surface area contributed by atoms with Gasteiger partial charge >= 0.3 is 0 Å². The summed E-state index contributed by atoms with van der Waals surface area (Å²) in [6.07, 6.45) is 0. The molecule has 0 radical (unpaired) electrons. The van der Waals surface area contributed by atoms with Crippen LogP contribution < -0.4 is 9.88 Å².